The molecule has 2 nitrogen and oxygen atoms in total. The lowest BCUT2D eigenvalue weighted by Gasteiger charge is -2.44. The molecular formula is C60H52N2S. The molecule has 3 heteroatoms. The fourth-order valence-corrected chi connectivity index (χ4v) is 12.8. The molecule has 0 saturated carbocycles. The second-order valence-electron chi connectivity index (χ2n) is 20.2. The summed E-state index contributed by atoms with van der Waals surface area (Å²) >= 11 is 1.89. The van der Waals surface area contributed by atoms with Crippen LogP contribution in [0.3, 0.4) is 0 Å². The summed E-state index contributed by atoms with van der Waals surface area (Å²) in [5, 5.41) is 5.21. The van der Waals surface area contributed by atoms with Gasteiger partial charge in [-0.1, -0.05) is 152 Å². The van der Waals surface area contributed by atoms with Crippen LogP contribution in [0.15, 0.2) is 170 Å². The topological polar surface area (TPSA) is 8.17 Å². The van der Waals surface area contributed by atoms with Crippen molar-refractivity contribution in [2.45, 2.75) is 71.6 Å². The third-order valence-electron chi connectivity index (χ3n) is 16.3. The second-order valence-corrected chi connectivity index (χ2v) is 21.3. The highest BCUT2D eigenvalue weighted by molar-refractivity contribution is 7.26. The van der Waals surface area contributed by atoms with E-state index in [0.29, 0.717) is 0 Å². The highest BCUT2D eigenvalue weighted by atomic mass is 32.1. The molecule has 2 aliphatic carbocycles. The Kier molecular flexibility index (Phi) is 7.94. The summed E-state index contributed by atoms with van der Waals surface area (Å²) in [6.07, 6.45) is 0. The van der Waals surface area contributed by atoms with Crippen molar-refractivity contribution >= 4 is 70.4 Å². The largest absolute Gasteiger partial charge is 0.309 e. The SMILES string of the molecule is CC1(C)c2ccccc2-c2ccc(N(c3ccc(-c4ccc5c(c4)c4cc6c(cc4n5-c4ccccc4)C(C)(C)C(C)(C)C6(C)C)cc3)c3cccc4c3sc3ccccc34)cc21. The molecule has 0 saturated heterocycles. The van der Waals surface area contributed by atoms with Gasteiger partial charge in [-0.05, 0) is 134 Å². The number of thiophene rings is 1. The minimum Gasteiger partial charge on any atom is -0.309 e. The summed E-state index contributed by atoms with van der Waals surface area (Å²) in [5.74, 6) is 0. The first-order chi connectivity index (χ1) is 30.3. The van der Waals surface area contributed by atoms with E-state index >= 15 is 0 Å². The van der Waals surface area contributed by atoms with E-state index in [9.17, 15) is 0 Å². The van der Waals surface area contributed by atoms with Crippen molar-refractivity contribution in [1.29, 1.82) is 0 Å². The molecule has 0 fully saturated rings. The molecule has 0 amide bonds. The molecule has 0 aliphatic heterocycles. The predicted molar refractivity (Wildman–Crippen MR) is 271 cm³/mol. The summed E-state index contributed by atoms with van der Waals surface area (Å²) in [7, 11) is 0. The molecule has 10 aromatic rings. The van der Waals surface area contributed by atoms with E-state index in [4.69, 9.17) is 0 Å². The van der Waals surface area contributed by atoms with Crippen LogP contribution < -0.4 is 4.90 Å². The molecule has 0 atom stereocenters. The van der Waals surface area contributed by atoms with E-state index in [0.717, 1.165) is 5.69 Å². The number of hydrogen-bond donors (Lipinski definition) is 0. The Morgan fingerprint density at radius 3 is 1.86 bits per heavy atom. The Morgan fingerprint density at radius 1 is 0.429 bits per heavy atom. The van der Waals surface area contributed by atoms with Gasteiger partial charge in [0.2, 0.25) is 0 Å². The minimum absolute atomic E-state index is 0.0131. The van der Waals surface area contributed by atoms with Crippen LogP contribution in [-0.2, 0) is 16.2 Å². The molecule has 0 N–H and O–H groups in total. The number of anilines is 3. The van der Waals surface area contributed by atoms with E-state index in [1.54, 1.807) is 0 Å². The molecule has 12 rings (SSSR count). The van der Waals surface area contributed by atoms with Gasteiger partial charge < -0.3 is 9.47 Å². The smallest absolute Gasteiger partial charge is 0.0640 e. The second kappa shape index (κ2) is 13.1. The molecular weight excluding hydrogens is 781 g/mol. The minimum atomic E-state index is -0.106. The van der Waals surface area contributed by atoms with E-state index in [2.05, 4.69) is 235 Å². The maximum Gasteiger partial charge on any atom is 0.0640 e. The molecule has 0 bridgehead atoms. The first-order valence-electron chi connectivity index (χ1n) is 22.5. The predicted octanol–water partition coefficient (Wildman–Crippen LogP) is 17.2. The average molecular weight is 833 g/mol. The zero-order valence-corrected chi connectivity index (χ0v) is 38.3. The van der Waals surface area contributed by atoms with E-state index in [1.165, 1.54) is 104 Å². The standard InChI is InChI=1S/C60H52N2S/c1-57(2)48-22-14-12-19-42(48)43-31-30-41(34-49(43)57)61(53-23-16-21-45-44-20-13-15-24-55(44)63-56(45)53)40-28-25-37(26-29-40)38-27-32-52-46(33-38)47-35-50-51(59(5,6)60(7,8)58(50,3)4)36-54(47)62(52)39-17-10-9-11-18-39/h9-36H,1-8H3. The highest BCUT2D eigenvalue weighted by Crippen LogP contribution is 2.62. The van der Waals surface area contributed by atoms with Crippen molar-refractivity contribution in [2.24, 2.45) is 5.41 Å². The van der Waals surface area contributed by atoms with Crippen LogP contribution >= 0.6 is 11.3 Å². The van der Waals surface area contributed by atoms with Gasteiger partial charge >= 0.3 is 0 Å². The maximum absolute atomic E-state index is 2.54. The monoisotopic (exact) mass is 832 g/mol. The van der Waals surface area contributed by atoms with Gasteiger partial charge in [-0.3, -0.25) is 0 Å². The Bertz CT molecular complexity index is 3500. The molecule has 2 heterocycles. The fourth-order valence-electron chi connectivity index (χ4n) is 11.6. The molecule has 0 unspecified atom stereocenters. The van der Waals surface area contributed by atoms with Gasteiger partial charge in [0.15, 0.2) is 0 Å². The van der Waals surface area contributed by atoms with E-state index in [1.807, 2.05) is 11.3 Å². The van der Waals surface area contributed by atoms with Crippen LogP contribution in [0.2, 0.25) is 0 Å². The van der Waals surface area contributed by atoms with Gasteiger partial charge in [0.1, 0.15) is 0 Å². The summed E-state index contributed by atoms with van der Waals surface area (Å²) in [6, 6.07) is 64.0. The van der Waals surface area contributed by atoms with Crippen molar-refractivity contribution in [2.75, 3.05) is 4.90 Å². The molecule has 0 radical (unpaired) electrons. The third-order valence-corrected chi connectivity index (χ3v) is 17.5. The quantitative estimate of drug-likeness (QED) is 0.168. The molecule has 2 aliphatic rings. The van der Waals surface area contributed by atoms with E-state index < -0.39 is 0 Å². The number of benzene rings is 8. The lowest BCUT2D eigenvalue weighted by atomic mass is 9.59. The lowest BCUT2D eigenvalue weighted by Crippen LogP contribution is -2.42. The van der Waals surface area contributed by atoms with Crippen molar-refractivity contribution in [3.63, 3.8) is 0 Å². The van der Waals surface area contributed by atoms with Gasteiger partial charge in [0.25, 0.3) is 0 Å². The first kappa shape index (κ1) is 38.3. The molecule has 8 aromatic carbocycles. The van der Waals surface area contributed by atoms with Gasteiger partial charge in [-0.2, -0.15) is 0 Å². The summed E-state index contributed by atoms with van der Waals surface area (Å²) in [5.41, 5.74) is 18.0. The van der Waals surface area contributed by atoms with E-state index in [-0.39, 0.29) is 21.7 Å². The summed E-state index contributed by atoms with van der Waals surface area (Å²) < 4.78 is 5.09. The van der Waals surface area contributed by atoms with Crippen LogP contribution in [-0.4, -0.2) is 4.57 Å². The van der Waals surface area contributed by atoms with Crippen LogP contribution in [0.1, 0.15) is 77.6 Å². The van der Waals surface area contributed by atoms with Crippen molar-refractivity contribution in [3.8, 4) is 27.9 Å². The number of aromatic nitrogens is 1. The van der Waals surface area contributed by atoms with Gasteiger partial charge in [-0.25, -0.2) is 0 Å². The zero-order valence-electron chi connectivity index (χ0n) is 37.5. The Labute approximate surface area is 375 Å². The number of hydrogen-bond acceptors (Lipinski definition) is 2. The average Bonchev–Trinajstić information content (AvgIpc) is 3.94. The Balaban J connectivity index is 1.02. The number of nitrogens with zero attached hydrogens (tertiary/aromatic N) is 2. The molecule has 308 valence electrons. The Hall–Kier alpha value is -6.42. The van der Waals surface area contributed by atoms with Gasteiger partial charge in [0.05, 0.1) is 21.4 Å². The summed E-state index contributed by atoms with van der Waals surface area (Å²) in [6.45, 7) is 19.4. The zero-order chi connectivity index (χ0) is 43.2. The van der Waals surface area contributed by atoms with Crippen molar-refractivity contribution in [3.05, 3.63) is 192 Å². The Morgan fingerprint density at radius 2 is 1.06 bits per heavy atom. The molecule has 2 aromatic heterocycles. The van der Waals surface area contributed by atoms with Crippen molar-refractivity contribution < 1.29 is 0 Å². The number of fused-ring (bicyclic) bond motifs is 10. The van der Waals surface area contributed by atoms with Crippen LogP contribution in [0.5, 0.6) is 0 Å². The van der Waals surface area contributed by atoms with Crippen LogP contribution in [0.4, 0.5) is 17.1 Å². The van der Waals surface area contributed by atoms with Crippen LogP contribution in [0, 0.1) is 5.41 Å². The first-order valence-corrected chi connectivity index (χ1v) is 23.3. The lowest BCUT2D eigenvalue weighted by molar-refractivity contribution is 0.125. The van der Waals surface area contributed by atoms with Gasteiger partial charge in [-0.15, -0.1) is 11.3 Å². The third kappa shape index (κ3) is 5.18. The number of rotatable bonds is 5. The maximum atomic E-state index is 2.54. The van der Waals surface area contributed by atoms with Gasteiger partial charge in [0, 0.05) is 48.7 Å². The highest BCUT2D eigenvalue weighted by Gasteiger charge is 2.57. The fraction of sp³-hybridized carbons (Fsp3) is 0.200. The molecule has 63 heavy (non-hydrogen) atoms. The summed E-state index contributed by atoms with van der Waals surface area (Å²) in [4.78, 5) is 2.49. The molecule has 0 spiro atoms. The number of para-hydroxylation sites is 1. The van der Waals surface area contributed by atoms with Crippen LogP contribution in [0.25, 0.3) is 69.9 Å². The normalized spacial score (nSPS) is 16.4. The van der Waals surface area contributed by atoms with Crippen molar-refractivity contribution in [1.82, 2.24) is 4.57 Å².